The van der Waals surface area contributed by atoms with Gasteiger partial charge in [0, 0.05) is 30.4 Å². The van der Waals surface area contributed by atoms with Gasteiger partial charge in [-0.15, -0.1) is 0 Å². The maximum absolute atomic E-state index is 12.6. The van der Waals surface area contributed by atoms with E-state index in [0.29, 0.717) is 50.8 Å². The third-order valence-electron chi connectivity index (χ3n) is 3.86. The van der Waals surface area contributed by atoms with Crippen molar-refractivity contribution in [3.8, 4) is 11.3 Å². The molecule has 6 nitrogen and oxygen atoms in total. The maximum Gasteiger partial charge on any atom is 0.271 e. The Morgan fingerprint density at radius 1 is 1.23 bits per heavy atom. The van der Waals surface area contributed by atoms with E-state index in [9.17, 15) is 4.79 Å². The predicted molar refractivity (Wildman–Crippen MR) is 103 cm³/mol. The molecule has 0 bridgehead atoms. The number of benzene rings is 1. The van der Waals surface area contributed by atoms with Crippen LogP contribution < -0.4 is 0 Å². The molecule has 0 saturated heterocycles. The standard InChI is InChI=1S/C17H16Cl3N5O/c1-3-25-8-13(20)16(23-25)9-24(2)17(26)15-7-14(21-22-15)11-5-4-10(18)6-12(11)19/h4-8H,3,9H2,1-2H3,(H,21,22). The first-order chi connectivity index (χ1) is 12.4. The Kier molecular flexibility index (Phi) is 5.55. The number of carbonyl (C=O) groups is 1. The van der Waals surface area contributed by atoms with E-state index < -0.39 is 0 Å². The molecule has 1 aromatic carbocycles. The molecule has 26 heavy (non-hydrogen) atoms. The van der Waals surface area contributed by atoms with E-state index in [1.54, 1.807) is 42.2 Å². The van der Waals surface area contributed by atoms with Gasteiger partial charge in [0.05, 0.1) is 22.3 Å². The number of rotatable bonds is 5. The van der Waals surface area contributed by atoms with Gasteiger partial charge in [-0.3, -0.25) is 14.6 Å². The highest BCUT2D eigenvalue weighted by atomic mass is 35.5. The molecule has 0 aliphatic carbocycles. The van der Waals surface area contributed by atoms with Gasteiger partial charge in [-0.05, 0) is 31.2 Å². The summed E-state index contributed by atoms with van der Waals surface area (Å²) in [6.07, 6.45) is 1.74. The van der Waals surface area contributed by atoms with Crippen LogP contribution in [-0.4, -0.2) is 37.8 Å². The molecule has 0 atom stereocenters. The largest absolute Gasteiger partial charge is 0.334 e. The van der Waals surface area contributed by atoms with Crippen LogP contribution in [0.2, 0.25) is 15.1 Å². The molecule has 0 aliphatic rings. The molecule has 0 aliphatic heterocycles. The van der Waals surface area contributed by atoms with Crippen molar-refractivity contribution in [1.82, 2.24) is 24.9 Å². The van der Waals surface area contributed by atoms with Crippen LogP contribution in [0.25, 0.3) is 11.3 Å². The van der Waals surface area contributed by atoms with Crippen molar-refractivity contribution in [3.05, 3.63) is 56.9 Å². The highest BCUT2D eigenvalue weighted by molar-refractivity contribution is 6.36. The minimum absolute atomic E-state index is 0.226. The summed E-state index contributed by atoms with van der Waals surface area (Å²) in [5.74, 6) is -0.226. The van der Waals surface area contributed by atoms with E-state index in [1.807, 2.05) is 6.92 Å². The first-order valence-electron chi connectivity index (χ1n) is 7.87. The fourth-order valence-corrected chi connectivity index (χ4v) is 3.19. The molecule has 9 heteroatoms. The lowest BCUT2D eigenvalue weighted by atomic mass is 10.1. The topological polar surface area (TPSA) is 66.8 Å². The summed E-state index contributed by atoms with van der Waals surface area (Å²) >= 11 is 18.3. The summed E-state index contributed by atoms with van der Waals surface area (Å²) in [5.41, 5.74) is 2.25. The Morgan fingerprint density at radius 2 is 2.00 bits per heavy atom. The monoisotopic (exact) mass is 411 g/mol. The number of hydrogen-bond donors (Lipinski definition) is 1. The van der Waals surface area contributed by atoms with Crippen molar-refractivity contribution in [1.29, 1.82) is 0 Å². The molecular formula is C17H16Cl3N5O. The van der Waals surface area contributed by atoms with E-state index in [4.69, 9.17) is 34.8 Å². The first kappa shape index (κ1) is 18.8. The normalized spacial score (nSPS) is 11.0. The zero-order valence-corrected chi connectivity index (χ0v) is 16.4. The highest BCUT2D eigenvalue weighted by Gasteiger charge is 2.19. The van der Waals surface area contributed by atoms with Gasteiger partial charge < -0.3 is 4.90 Å². The SMILES string of the molecule is CCn1cc(Cl)c(CN(C)C(=O)c2cc(-c3ccc(Cl)cc3Cl)n[nH]2)n1. The minimum atomic E-state index is -0.226. The zero-order valence-electron chi connectivity index (χ0n) is 14.1. The minimum Gasteiger partial charge on any atom is -0.334 e. The maximum atomic E-state index is 12.6. The Morgan fingerprint density at radius 3 is 2.65 bits per heavy atom. The number of aromatic amines is 1. The number of nitrogens with zero attached hydrogens (tertiary/aromatic N) is 4. The molecule has 2 heterocycles. The number of hydrogen-bond acceptors (Lipinski definition) is 3. The number of H-pyrrole nitrogens is 1. The highest BCUT2D eigenvalue weighted by Crippen LogP contribution is 2.29. The molecule has 0 fully saturated rings. The van der Waals surface area contributed by atoms with Crippen LogP contribution in [0, 0.1) is 0 Å². The third kappa shape index (κ3) is 3.87. The quantitative estimate of drug-likeness (QED) is 0.669. The van der Waals surface area contributed by atoms with Gasteiger partial charge in [-0.1, -0.05) is 34.8 Å². The number of aryl methyl sites for hydroxylation is 1. The number of amides is 1. The zero-order chi connectivity index (χ0) is 18.8. The Bertz CT molecular complexity index is 950. The predicted octanol–water partition coefficient (Wildman–Crippen LogP) is 4.53. The van der Waals surface area contributed by atoms with Crippen LogP contribution in [0.4, 0.5) is 0 Å². The second-order valence-electron chi connectivity index (χ2n) is 5.73. The van der Waals surface area contributed by atoms with Crippen molar-refractivity contribution in [3.63, 3.8) is 0 Å². The van der Waals surface area contributed by atoms with Crippen molar-refractivity contribution >= 4 is 40.7 Å². The van der Waals surface area contributed by atoms with Gasteiger partial charge in [0.2, 0.25) is 0 Å². The number of halogens is 3. The number of carbonyl (C=O) groups excluding carboxylic acids is 1. The van der Waals surface area contributed by atoms with Gasteiger partial charge in [0.1, 0.15) is 11.4 Å². The summed E-state index contributed by atoms with van der Waals surface area (Å²) in [4.78, 5) is 14.2. The van der Waals surface area contributed by atoms with Crippen molar-refractivity contribution < 1.29 is 4.79 Å². The van der Waals surface area contributed by atoms with Gasteiger partial charge in [-0.25, -0.2) is 0 Å². The van der Waals surface area contributed by atoms with Crippen LogP contribution in [0.15, 0.2) is 30.5 Å². The molecule has 0 spiro atoms. The summed E-state index contributed by atoms with van der Waals surface area (Å²) in [6.45, 7) is 2.97. The van der Waals surface area contributed by atoms with E-state index in [0.717, 1.165) is 0 Å². The van der Waals surface area contributed by atoms with Gasteiger partial charge >= 0.3 is 0 Å². The molecule has 0 radical (unpaired) electrons. The smallest absolute Gasteiger partial charge is 0.271 e. The second-order valence-corrected chi connectivity index (χ2v) is 6.98. The molecule has 136 valence electrons. The Balaban J connectivity index is 1.77. The second kappa shape index (κ2) is 7.70. The molecule has 3 rings (SSSR count). The van der Waals surface area contributed by atoms with Crippen molar-refractivity contribution in [2.24, 2.45) is 0 Å². The molecule has 2 aromatic heterocycles. The van der Waals surface area contributed by atoms with E-state index in [-0.39, 0.29) is 5.91 Å². The number of nitrogens with one attached hydrogen (secondary N) is 1. The van der Waals surface area contributed by atoms with Crippen LogP contribution in [0.1, 0.15) is 23.1 Å². The molecule has 0 unspecified atom stereocenters. The third-order valence-corrected chi connectivity index (χ3v) is 4.72. The lowest BCUT2D eigenvalue weighted by Crippen LogP contribution is -2.27. The fourth-order valence-electron chi connectivity index (χ4n) is 2.47. The summed E-state index contributed by atoms with van der Waals surface area (Å²) in [6, 6.07) is 6.76. The van der Waals surface area contributed by atoms with Crippen molar-refractivity contribution in [2.45, 2.75) is 20.0 Å². The molecule has 1 N–H and O–H groups in total. The first-order valence-corrected chi connectivity index (χ1v) is 9.00. The van der Waals surface area contributed by atoms with Crippen LogP contribution in [-0.2, 0) is 13.1 Å². The molecule has 3 aromatic rings. The van der Waals surface area contributed by atoms with Gasteiger partial charge in [0.15, 0.2) is 0 Å². The summed E-state index contributed by atoms with van der Waals surface area (Å²) in [7, 11) is 1.68. The van der Waals surface area contributed by atoms with E-state index in [2.05, 4.69) is 15.3 Å². The average molecular weight is 413 g/mol. The van der Waals surface area contributed by atoms with E-state index >= 15 is 0 Å². The Labute approximate surface area is 165 Å². The Hall–Kier alpha value is -2.02. The van der Waals surface area contributed by atoms with Crippen LogP contribution >= 0.6 is 34.8 Å². The van der Waals surface area contributed by atoms with Gasteiger partial charge in [-0.2, -0.15) is 10.2 Å². The lowest BCUT2D eigenvalue weighted by Gasteiger charge is -2.14. The molecule has 1 amide bonds. The summed E-state index contributed by atoms with van der Waals surface area (Å²) < 4.78 is 1.73. The van der Waals surface area contributed by atoms with Gasteiger partial charge in [0.25, 0.3) is 5.91 Å². The fraction of sp³-hybridized carbons (Fsp3) is 0.235. The van der Waals surface area contributed by atoms with Crippen LogP contribution in [0.5, 0.6) is 0 Å². The molecular weight excluding hydrogens is 397 g/mol. The average Bonchev–Trinajstić information content (AvgIpc) is 3.21. The van der Waals surface area contributed by atoms with Crippen LogP contribution in [0.3, 0.4) is 0 Å². The lowest BCUT2D eigenvalue weighted by molar-refractivity contribution is 0.0777. The molecule has 0 saturated carbocycles. The number of aromatic nitrogens is 4. The van der Waals surface area contributed by atoms with Crippen molar-refractivity contribution in [2.75, 3.05) is 7.05 Å². The van der Waals surface area contributed by atoms with E-state index in [1.165, 1.54) is 4.90 Å². The summed E-state index contributed by atoms with van der Waals surface area (Å²) in [5, 5.41) is 12.8.